The maximum absolute atomic E-state index is 6.31. The van der Waals surface area contributed by atoms with Crippen LogP contribution in [0.15, 0.2) is 48.5 Å². The summed E-state index contributed by atoms with van der Waals surface area (Å²) in [6.45, 7) is 0. The summed E-state index contributed by atoms with van der Waals surface area (Å²) in [5.74, 6) is 1.32. The molecule has 1 aliphatic rings. The minimum atomic E-state index is 0.589. The first kappa shape index (κ1) is 13.3. The third-order valence-corrected chi connectivity index (χ3v) is 4.05. The van der Waals surface area contributed by atoms with E-state index in [1.807, 2.05) is 48.5 Å². The van der Waals surface area contributed by atoms with E-state index in [1.54, 1.807) is 0 Å². The normalized spacial score (nSPS) is 11.7. The van der Waals surface area contributed by atoms with E-state index in [-0.39, 0.29) is 0 Å². The minimum absolute atomic E-state index is 0.589. The average Bonchev–Trinajstić information content (AvgIpc) is 3.34. The molecule has 3 aromatic rings. The molecule has 3 aromatic carbocycles. The van der Waals surface area contributed by atoms with Crippen LogP contribution in [0.2, 0.25) is 0 Å². The lowest BCUT2D eigenvalue weighted by Gasteiger charge is -2.14. The molecule has 0 aromatic heterocycles. The van der Waals surface area contributed by atoms with E-state index >= 15 is 0 Å². The summed E-state index contributed by atoms with van der Waals surface area (Å²) in [6.07, 6.45) is 0. The zero-order chi connectivity index (χ0) is 16.1. The van der Waals surface area contributed by atoms with Crippen LogP contribution in [0.5, 0.6) is 11.5 Å². The van der Waals surface area contributed by atoms with Gasteiger partial charge in [0.2, 0.25) is 0 Å². The molecule has 0 unspecified atom stereocenters. The lowest BCUT2D eigenvalue weighted by Crippen LogP contribution is -1.96. The Kier molecular flexibility index (Phi) is 2.65. The van der Waals surface area contributed by atoms with Crippen molar-refractivity contribution in [2.45, 2.75) is 0 Å². The highest BCUT2D eigenvalue weighted by molar-refractivity contribution is 6.05. The van der Waals surface area contributed by atoms with Crippen molar-refractivity contribution in [3.8, 4) is 33.8 Å². The minimum Gasteiger partial charge on any atom is -0.445 e. The first-order valence-electron chi connectivity index (χ1n) is 7.21. The Bertz CT molecular complexity index is 839. The lowest BCUT2D eigenvalue weighted by atomic mass is 9.91. The quantitative estimate of drug-likeness (QED) is 0.334. The summed E-state index contributed by atoms with van der Waals surface area (Å²) >= 11 is 0. The van der Waals surface area contributed by atoms with E-state index < -0.39 is 0 Å². The van der Waals surface area contributed by atoms with Crippen molar-refractivity contribution < 1.29 is 4.74 Å². The molecule has 0 fully saturated rings. The van der Waals surface area contributed by atoms with Gasteiger partial charge in [-0.1, -0.05) is 24.3 Å². The van der Waals surface area contributed by atoms with Gasteiger partial charge in [-0.15, -0.1) is 0 Å². The number of nitrogen functional groups attached to an aromatic ring is 4. The second kappa shape index (κ2) is 4.58. The summed E-state index contributed by atoms with van der Waals surface area (Å²) in [5, 5.41) is 0. The second-order valence-corrected chi connectivity index (χ2v) is 5.58. The maximum atomic E-state index is 6.31. The van der Waals surface area contributed by atoms with Crippen LogP contribution in [0.25, 0.3) is 22.3 Å². The molecule has 1 heterocycles. The number of anilines is 4. The van der Waals surface area contributed by atoms with Gasteiger partial charge >= 0.3 is 0 Å². The average molecular weight is 304 g/mol. The van der Waals surface area contributed by atoms with Gasteiger partial charge in [0.05, 0.1) is 11.4 Å². The third kappa shape index (κ3) is 2.02. The topological polar surface area (TPSA) is 117 Å². The van der Waals surface area contributed by atoms with Gasteiger partial charge in [0, 0.05) is 22.5 Å². The monoisotopic (exact) mass is 304 g/mol. The Morgan fingerprint density at radius 2 is 0.870 bits per heavy atom. The number of ether oxygens (including phenoxy) is 1. The fourth-order valence-corrected chi connectivity index (χ4v) is 2.83. The van der Waals surface area contributed by atoms with Gasteiger partial charge in [-0.3, -0.25) is 0 Å². The number of hydrogen-bond acceptors (Lipinski definition) is 5. The van der Waals surface area contributed by atoms with Crippen LogP contribution in [-0.2, 0) is 0 Å². The molecular weight excluding hydrogens is 288 g/mol. The highest BCUT2D eigenvalue weighted by Crippen LogP contribution is 2.61. The van der Waals surface area contributed by atoms with Gasteiger partial charge in [-0.25, -0.2) is 0 Å². The Labute approximate surface area is 133 Å². The third-order valence-electron chi connectivity index (χ3n) is 4.05. The van der Waals surface area contributed by atoms with E-state index in [0.717, 1.165) is 22.3 Å². The highest BCUT2D eigenvalue weighted by Gasteiger charge is 2.34. The predicted octanol–water partition coefficient (Wildman–Crippen LogP) is 3.46. The largest absolute Gasteiger partial charge is 0.445 e. The van der Waals surface area contributed by atoms with Gasteiger partial charge in [0.25, 0.3) is 0 Å². The van der Waals surface area contributed by atoms with E-state index in [2.05, 4.69) is 0 Å². The van der Waals surface area contributed by atoms with Crippen molar-refractivity contribution in [3.05, 3.63) is 48.5 Å². The van der Waals surface area contributed by atoms with Gasteiger partial charge in [-0.2, -0.15) is 0 Å². The van der Waals surface area contributed by atoms with E-state index in [9.17, 15) is 0 Å². The van der Waals surface area contributed by atoms with E-state index in [0.29, 0.717) is 34.2 Å². The Morgan fingerprint density at radius 3 is 1.22 bits per heavy atom. The maximum Gasteiger partial charge on any atom is 0.195 e. The van der Waals surface area contributed by atoms with Crippen LogP contribution >= 0.6 is 0 Å². The van der Waals surface area contributed by atoms with Crippen molar-refractivity contribution in [3.63, 3.8) is 0 Å². The fourth-order valence-electron chi connectivity index (χ4n) is 2.83. The number of fused-ring (bicyclic) bond motifs is 1. The molecule has 0 bridgehead atoms. The summed E-state index contributed by atoms with van der Waals surface area (Å²) in [4.78, 5) is 0. The molecule has 0 spiro atoms. The smallest absolute Gasteiger partial charge is 0.195 e. The molecule has 8 N–H and O–H groups in total. The van der Waals surface area contributed by atoms with E-state index in [1.165, 1.54) is 0 Å². The van der Waals surface area contributed by atoms with Crippen molar-refractivity contribution in [2.24, 2.45) is 0 Å². The zero-order valence-electron chi connectivity index (χ0n) is 12.3. The van der Waals surface area contributed by atoms with Gasteiger partial charge in [0.15, 0.2) is 11.5 Å². The van der Waals surface area contributed by atoms with Crippen LogP contribution in [0.3, 0.4) is 0 Å². The molecule has 0 atom stereocenters. The molecule has 114 valence electrons. The Hall–Kier alpha value is -3.34. The number of rotatable bonds is 2. The molecular formula is C18H16N4O. The Balaban J connectivity index is 2.01. The van der Waals surface area contributed by atoms with Crippen LogP contribution in [-0.4, -0.2) is 0 Å². The molecule has 23 heavy (non-hydrogen) atoms. The van der Waals surface area contributed by atoms with Crippen LogP contribution < -0.4 is 27.7 Å². The van der Waals surface area contributed by atoms with E-state index in [4.69, 9.17) is 27.7 Å². The molecule has 0 radical (unpaired) electrons. The molecule has 0 aliphatic carbocycles. The molecule has 0 amide bonds. The van der Waals surface area contributed by atoms with Crippen LogP contribution in [0.1, 0.15) is 0 Å². The standard InChI is InChI=1S/C18H16N4O/c19-11-5-1-9(2-6-11)13-14(10-3-7-12(20)8-4-10)16(22)18-17(23-18)15(13)21/h1-8H,19-22H2. The predicted molar refractivity (Wildman–Crippen MR) is 95.0 cm³/mol. The van der Waals surface area contributed by atoms with Gasteiger partial charge < -0.3 is 27.7 Å². The van der Waals surface area contributed by atoms with Gasteiger partial charge in [0.1, 0.15) is 0 Å². The molecule has 1 aliphatic heterocycles. The molecule has 5 nitrogen and oxygen atoms in total. The Morgan fingerprint density at radius 1 is 0.522 bits per heavy atom. The van der Waals surface area contributed by atoms with Crippen LogP contribution in [0, 0.1) is 0 Å². The summed E-state index contributed by atoms with van der Waals surface area (Å²) in [7, 11) is 0. The first-order chi connectivity index (χ1) is 11.1. The highest BCUT2D eigenvalue weighted by atomic mass is 16.6. The van der Waals surface area contributed by atoms with Crippen molar-refractivity contribution in [1.82, 2.24) is 0 Å². The van der Waals surface area contributed by atoms with Crippen molar-refractivity contribution in [2.75, 3.05) is 22.9 Å². The van der Waals surface area contributed by atoms with Crippen molar-refractivity contribution >= 4 is 22.7 Å². The first-order valence-corrected chi connectivity index (χ1v) is 7.21. The fraction of sp³-hybridized carbons (Fsp3) is 0. The lowest BCUT2D eigenvalue weighted by molar-refractivity contribution is 0.653. The SMILES string of the molecule is Nc1ccc(-c2c(N)c3c(c(N)c2-c2ccc(N)cc2)O3)cc1. The second-order valence-electron chi connectivity index (χ2n) is 5.58. The number of nitrogens with two attached hydrogens (primary N) is 4. The summed E-state index contributed by atoms with van der Waals surface area (Å²) in [5.41, 5.74) is 30.3. The van der Waals surface area contributed by atoms with Crippen molar-refractivity contribution in [1.29, 1.82) is 0 Å². The number of hydrogen-bond donors (Lipinski definition) is 4. The zero-order valence-corrected chi connectivity index (χ0v) is 12.3. The number of benzene rings is 3. The molecule has 0 saturated heterocycles. The summed E-state index contributed by atoms with van der Waals surface area (Å²) in [6, 6.07) is 15.1. The van der Waals surface area contributed by atoms with Crippen LogP contribution in [0.4, 0.5) is 22.7 Å². The molecule has 5 heteroatoms. The molecule has 0 saturated carbocycles. The molecule has 4 rings (SSSR count). The summed E-state index contributed by atoms with van der Waals surface area (Å²) < 4.78 is 5.47. The van der Waals surface area contributed by atoms with Gasteiger partial charge in [-0.05, 0) is 35.4 Å².